The van der Waals surface area contributed by atoms with Crippen molar-refractivity contribution in [2.75, 3.05) is 4.90 Å². The monoisotopic (exact) mass is 453 g/mol. The number of nitro benzene ring substituents is 1. The van der Waals surface area contributed by atoms with Gasteiger partial charge < -0.3 is 9.73 Å². The van der Waals surface area contributed by atoms with E-state index in [-0.39, 0.29) is 11.4 Å². The molecule has 0 bridgehead atoms. The average molecular weight is 454 g/mol. The first-order valence-corrected chi connectivity index (χ1v) is 9.19. The van der Waals surface area contributed by atoms with Gasteiger partial charge in [0.25, 0.3) is 11.6 Å². The molecule has 1 N–H and O–H groups in total. The summed E-state index contributed by atoms with van der Waals surface area (Å²) in [6.07, 6.45) is 1.44. The fourth-order valence-electron chi connectivity index (χ4n) is 2.88. The number of carbonyl (C=O) groups excluding carboxylic acids is 2. The molecule has 1 aliphatic rings. The third-order valence-electron chi connectivity index (χ3n) is 4.23. The molecule has 1 aliphatic heterocycles. The Hall–Kier alpha value is -3.72. The fourth-order valence-corrected chi connectivity index (χ4v) is 3.44. The summed E-state index contributed by atoms with van der Waals surface area (Å²) in [5.41, 5.74) is 1.12. The molecule has 0 aliphatic carbocycles. The van der Waals surface area contributed by atoms with E-state index in [2.05, 4.69) is 21.2 Å². The number of furan rings is 1. The van der Waals surface area contributed by atoms with E-state index in [0.29, 0.717) is 27.2 Å². The molecule has 144 valence electrons. The number of anilines is 1. The summed E-state index contributed by atoms with van der Waals surface area (Å²) in [5.74, 6) is 0.315. The van der Waals surface area contributed by atoms with Crippen molar-refractivity contribution in [3.8, 4) is 11.3 Å². The van der Waals surface area contributed by atoms with Crippen molar-refractivity contribution in [1.82, 2.24) is 5.32 Å². The van der Waals surface area contributed by atoms with Crippen molar-refractivity contribution in [2.45, 2.75) is 0 Å². The Balaban J connectivity index is 1.61. The van der Waals surface area contributed by atoms with Crippen LogP contribution in [0, 0.1) is 10.1 Å². The quantitative estimate of drug-likeness (QED) is 0.266. The van der Waals surface area contributed by atoms with Gasteiger partial charge in [-0.25, -0.2) is 9.69 Å². The highest BCUT2D eigenvalue weighted by molar-refractivity contribution is 9.10. The lowest BCUT2D eigenvalue weighted by Crippen LogP contribution is -2.30. The smallest absolute Gasteiger partial charge is 0.333 e. The molecule has 1 fully saturated rings. The average Bonchev–Trinajstić information content (AvgIpc) is 3.27. The van der Waals surface area contributed by atoms with Crippen LogP contribution in [-0.2, 0) is 4.79 Å². The number of imide groups is 1. The Labute approximate surface area is 172 Å². The maximum absolute atomic E-state index is 12.6. The predicted octanol–water partition coefficient (Wildman–Crippen LogP) is 4.71. The van der Waals surface area contributed by atoms with Crippen LogP contribution in [0.15, 0.2) is 75.3 Å². The summed E-state index contributed by atoms with van der Waals surface area (Å²) in [7, 11) is 0. The number of rotatable bonds is 4. The molecule has 3 aromatic rings. The number of hydrogen-bond donors (Lipinski definition) is 1. The minimum atomic E-state index is -0.544. The van der Waals surface area contributed by atoms with E-state index in [4.69, 9.17) is 4.42 Å². The maximum atomic E-state index is 12.6. The van der Waals surface area contributed by atoms with Gasteiger partial charge in [0.2, 0.25) is 0 Å². The number of halogens is 1. The Bertz CT molecular complexity index is 1170. The number of non-ortho nitro benzene ring substituents is 1. The molecule has 2 heterocycles. The lowest BCUT2D eigenvalue weighted by atomic mass is 10.1. The summed E-state index contributed by atoms with van der Waals surface area (Å²) < 4.78 is 6.24. The normalized spacial score (nSPS) is 15.1. The van der Waals surface area contributed by atoms with Crippen molar-refractivity contribution < 1.29 is 18.9 Å². The molecule has 0 unspecified atom stereocenters. The summed E-state index contributed by atoms with van der Waals surface area (Å²) in [4.78, 5) is 36.2. The lowest BCUT2D eigenvalue weighted by molar-refractivity contribution is -0.384. The molecule has 1 aromatic heterocycles. The van der Waals surface area contributed by atoms with Gasteiger partial charge in [0.15, 0.2) is 0 Å². The zero-order chi connectivity index (χ0) is 20.5. The lowest BCUT2D eigenvalue weighted by Gasteiger charge is -2.10. The van der Waals surface area contributed by atoms with Gasteiger partial charge in [0.1, 0.15) is 17.2 Å². The van der Waals surface area contributed by atoms with Crippen LogP contribution in [0.1, 0.15) is 5.76 Å². The van der Waals surface area contributed by atoms with Crippen LogP contribution in [0.2, 0.25) is 0 Å². The highest BCUT2D eigenvalue weighted by Gasteiger charge is 2.35. The number of nitro groups is 1. The number of para-hydroxylation sites is 1. The Morgan fingerprint density at radius 1 is 1.07 bits per heavy atom. The highest BCUT2D eigenvalue weighted by atomic mass is 79.9. The van der Waals surface area contributed by atoms with Crippen LogP contribution < -0.4 is 10.2 Å². The van der Waals surface area contributed by atoms with Crippen LogP contribution in [-0.4, -0.2) is 16.9 Å². The van der Waals surface area contributed by atoms with Gasteiger partial charge in [-0.1, -0.05) is 18.2 Å². The molecular weight excluding hydrogens is 442 g/mol. The van der Waals surface area contributed by atoms with Gasteiger partial charge in [0.05, 0.1) is 10.6 Å². The standard InChI is InChI=1S/C20H12BrN3O5/c21-16-10-13(24(27)28)6-8-15(16)18-9-7-14(29-18)11-17-19(25)23(20(26)22-17)12-4-2-1-3-5-12/h1-11H,(H,22,26)/b17-11-. The van der Waals surface area contributed by atoms with Crippen LogP contribution in [0.3, 0.4) is 0 Å². The van der Waals surface area contributed by atoms with Gasteiger partial charge in [-0.3, -0.25) is 14.9 Å². The third kappa shape index (κ3) is 3.55. The van der Waals surface area contributed by atoms with Gasteiger partial charge in [-0.05, 0) is 46.3 Å². The number of hydrogen-bond acceptors (Lipinski definition) is 5. The van der Waals surface area contributed by atoms with Gasteiger partial charge in [0, 0.05) is 28.2 Å². The van der Waals surface area contributed by atoms with Crippen molar-refractivity contribution in [3.63, 3.8) is 0 Å². The summed E-state index contributed by atoms with van der Waals surface area (Å²) in [5, 5.41) is 13.4. The summed E-state index contributed by atoms with van der Waals surface area (Å²) >= 11 is 3.30. The van der Waals surface area contributed by atoms with E-state index in [9.17, 15) is 19.7 Å². The first kappa shape index (κ1) is 18.6. The molecule has 2 aromatic carbocycles. The largest absolute Gasteiger partial charge is 0.457 e. The molecule has 3 amide bonds. The van der Waals surface area contributed by atoms with E-state index in [1.165, 1.54) is 18.2 Å². The molecule has 0 atom stereocenters. The number of nitrogens with one attached hydrogen (secondary N) is 1. The minimum absolute atomic E-state index is 0.0465. The van der Waals surface area contributed by atoms with E-state index in [0.717, 1.165) is 4.90 Å². The highest BCUT2D eigenvalue weighted by Crippen LogP contribution is 2.33. The van der Waals surface area contributed by atoms with E-state index >= 15 is 0 Å². The van der Waals surface area contributed by atoms with Crippen molar-refractivity contribution in [2.24, 2.45) is 0 Å². The van der Waals surface area contributed by atoms with Crippen molar-refractivity contribution in [1.29, 1.82) is 0 Å². The molecule has 0 radical (unpaired) electrons. The third-order valence-corrected chi connectivity index (χ3v) is 4.89. The molecule has 8 nitrogen and oxygen atoms in total. The Morgan fingerprint density at radius 2 is 1.83 bits per heavy atom. The zero-order valence-electron chi connectivity index (χ0n) is 14.7. The second-order valence-corrected chi connectivity index (χ2v) is 6.94. The zero-order valence-corrected chi connectivity index (χ0v) is 16.3. The Kier molecular flexibility index (Phi) is 4.73. The number of amides is 3. The summed E-state index contributed by atoms with van der Waals surface area (Å²) in [6, 6.07) is 15.7. The van der Waals surface area contributed by atoms with Crippen LogP contribution in [0.4, 0.5) is 16.2 Å². The second-order valence-electron chi connectivity index (χ2n) is 6.09. The van der Waals surface area contributed by atoms with E-state index in [1.54, 1.807) is 48.5 Å². The van der Waals surface area contributed by atoms with E-state index < -0.39 is 16.9 Å². The fraction of sp³-hybridized carbons (Fsp3) is 0. The van der Waals surface area contributed by atoms with Crippen LogP contribution in [0.5, 0.6) is 0 Å². The first-order chi connectivity index (χ1) is 13.9. The summed E-state index contributed by atoms with van der Waals surface area (Å²) in [6.45, 7) is 0. The van der Waals surface area contributed by atoms with Crippen molar-refractivity contribution in [3.05, 3.63) is 86.7 Å². The van der Waals surface area contributed by atoms with Crippen molar-refractivity contribution >= 4 is 45.3 Å². The van der Waals surface area contributed by atoms with Gasteiger partial charge in [-0.15, -0.1) is 0 Å². The Morgan fingerprint density at radius 3 is 2.52 bits per heavy atom. The topological polar surface area (TPSA) is 106 Å². The molecule has 29 heavy (non-hydrogen) atoms. The SMILES string of the molecule is O=C1N/C(=C\c2ccc(-c3ccc([N+](=O)[O-])cc3Br)o2)C(=O)N1c1ccccc1. The molecule has 0 saturated carbocycles. The number of carbonyl (C=O) groups is 2. The second kappa shape index (κ2) is 7.36. The minimum Gasteiger partial charge on any atom is -0.457 e. The van der Waals surface area contributed by atoms with Crippen LogP contribution >= 0.6 is 15.9 Å². The molecular formula is C20H12BrN3O5. The number of urea groups is 1. The number of benzene rings is 2. The molecule has 9 heteroatoms. The number of nitrogens with zero attached hydrogens (tertiary/aromatic N) is 2. The predicted molar refractivity (Wildman–Crippen MR) is 109 cm³/mol. The molecule has 0 spiro atoms. The van der Waals surface area contributed by atoms with Gasteiger partial charge >= 0.3 is 6.03 Å². The maximum Gasteiger partial charge on any atom is 0.333 e. The van der Waals surface area contributed by atoms with Gasteiger partial charge in [-0.2, -0.15) is 0 Å². The van der Waals surface area contributed by atoms with Crippen LogP contribution in [0.25, 0.3) is 17.4 Å². The molecule has 4 rings (SSSR count). The van der Waals surface area contributed by atoms with E-state index in [1.807, 2.05) is 0 Å². The molecule has 1 saturated heterocycles. The first-order valence-electron chi connectivity index (χ1n) is 8.40.